The van der Waals surface area contributed by atoms with Crippen LogP contribution in [0.15, 0.2) is 30.3 Å². The van der Waals surface area contributed by atoms with E-state index in [4.69, 9.17) is 9.47 Å². The molecule has 7 nitrogen and oxygen atoms in total. The summed E-state index contributed by atoms with van der Waals surface area (Å²) in [6.07, 6.45) is -0.953. The number of fused-ring (bicyclic) bond motifs is 1. The Balaban J connectivity index is 1.59. The topological polar surface area (TPSA) is 93.1 Å². The number of carbonyl (C=O) groups is 3. The monoisotopic (exact) mass is 351 g/mol. The number of nitrogens with zero attached hydrogens (tertiary/aromatic N) is 1. The van der Waals surface area contributed by atoms with Crippen molar-refractivity contribution in [3.63, 3.8) is 0 Å². The van der Waals surface area contributed by atoms with Crippen LogP contribution < -0.4 is 4.74 Å². The first kappa shape index (κ1) is 16.6. The van der Waals surface area contributed by atoms with Gasteiger partial charge in [0.2, 0.25) is 6.10 Å². The number of hydrogen-bond donors (Lipinski definition) is 1. The predicted octanol–water partition coefficient (Wildman–Crippen LogP) is 1.12. The van der Waals surface area contributed by atoms with Gasteiger partial charge in [0.25, 0.3) is 5.91 Å². The summed E-state index contributed by atoms with van der Waals surface area (Å²) < 4.78 is 9.83. The van der Waals surface area contributed by atoms with Gasteiger partial charge in [0.1, 0.15) is 17.2 Å². The van der Waals surface area contributed by atoms with Gasteiger partial charge in [-0.25, -0.2) is 9.59 Å². The molecule has 0 spiro atoms. The molecule has 0 aliphatic carbocycles. The molecule has 8 heteroatoms. The predicted molar refractivity (Wildman–Crippen MR) is 85.5 cm³/mol. The Hall–Kier alpha value is -2.22. The Kier molecular flexibility index (Phi) is 4.16. The summed E-state index contributed by atoms with van der Waals surface area (Å²) in [4.78, 5) is 36.8. The summed E-state index contributed by atoms with van der Waals surface area (Å²) in [6, 6.07) is 7.86. The first-order valence-electron chi connectivity index (χ1n) is 7.41. The van der Waals surface area contributed by atoms with E-state index in [9.17, 15) is 19.5 Å². The molecule has 1 N–H and O–H groups in total. The highest BCUT2D eigenvalue weighted by atomic mass is 32.2. The average molecular weight is 351 g/mol. The molecule has 2 aliphatic heterocycles. The zero-order valence-corrected chi connectivity index (χ0v) is 14.0. The van der Waals surface area contributed by atoms with Crippen molar-refractivity contribution in [2.45, 2.75) is 36.1 Å². The number of hydrogen-bond acceptors (Lipinski definition) is 6. The third-order valence-electron chi connectivity index (χ3n) is 3.98. The summed E-state index contributed by atoms with van der Waals surface area (Å²) in [6.45, 7) is 3.22. The fourth-order valence-corrected chi connectivity index (χ4v) is 4.52. The molecule has 3 rings (SSSR count). The molecule has 0 unspecified atom stereocenters. The van der Waals surface area contributed by atoms with E-state index in [-0.39, 0.29) is 6.61 Å². The average Bonchev–Trinajstić information content (AvgIpc) is 2.80. The molecule has 0 radical (unpaired) electrons. The van der Waals surface area contributed by atoms with Crippen LogP contribution in [-0.2, 0) is 19.1 Å². The molecule has 0 saturated carbocycles. The molecule has 2 aliphatic rings. The molecular formula is C16H17NO6S. The van der Waals surface area contributed by atoms with E-state index in [1.165, 1.54) is 16.7 Å². The van der Waals surface area contributed by atoms with E-state index in [2.05, 4.69) is 0 Å². The van der Waals surface area contributed by atoms with Crippen LogP contribution in [0.1, 0.15) is 13.8 Å². The molecule has 2 saturated heterocycles. The number of aliphatic carboxylic acids is 1. The number of carboxylic acids is 1. The highest BCUT2D eigenvalue weighted by Gasteiger charge is 2.65. The fraction of sp³-hybridized carbons (Fsp3) is 0.438. The zero-order valence-electron chi connectivity index (χ0n) is 13.2. The molecule has 24 heavy (non-hydrogen) atoms. The van der Waals surface area contributed by atoms with E-state index in [1.807, 2.05) is 6.07 Å². The van der Waals surface area contributed by atoms with Crippen molar-refractivity contribution in [3.8, 4) is 5.75 Å². The van der Waals surface area contributed by atoms with Crippen molar-refractivity contribution in [1.82, 2.24) is 4.90 Å². The third kappa shape index (κ3) is 2.82. The number of carbonyl (C=O) groups excluding carboxylic acids is 2. The van der Waals surface area contributed by atoms with Gasteiger partial charge in [-0.05, 0) is 26.0 Å². The number of rotatable bonds is 5. The highest BCUT2D eigenvalue weighted by molar-refractivity contribution is 8.01. The molecule has 2 fully saturated rings. The van der Waals surface area contributed by atoms with Gasteiger partial charge in [-0.3, -0.25) is 4.79 Å². The Labute approximate surface area is 142 Å². The first-order chi connectivity index (χ1) is 11.3. The second-order valence-corrected chi connectivity index (χ2v) is 7.88. The van der Waals surface area contributed by atoms with Crippen LogP contribution in [0.2, 0.25) is 0 Å². The fourth-order valence-electron chi connectivity index (χ4n) is 2.92. The van der Waals surface area contributed by atoms with Gasteiger partial charge in [-0.1, -0.05) is 18.2 Å². The lowest BCUT2D eigenvalue weighted by atomic mass is 9.97. The van der Waals surface area contributed by atoms with Gasteiger partial charge in [0, 0.05) is 4.75 Å². The minimum absolute atomic E-state index is 0.309. The lowest BCUT2D eigenvalue weighted by Gasteiger charge is -2.42. The van der Waals surface area contributed by atoms with Crippen LogP contribution in [-0.4, -0.2) is 56.7 Å². The minimum Gasteiger partial charge on any atom is -0.482 e. The van der Waals surface area contributed by atoms with E-state index in [0.29, 0.717) is 5.75 Å². The quantitative estimate of drug-likeness (QED) is 0.628. The summed E-state index contributed by atoms with van der Waals surface area (Å²) in [5, 5.41) is 8.87. The number of amides is 1. The SMILES string of the molecule is CC1(C)S[C@@H]2[C@H](OC(=O)COc3ccccc3)C(=O)N2[C@H]1C(=O)O. The number of benzene rings is 1. The molecule has 1 amide bonds. The molecular weight excluding hydrogens is 334 g/mol. The van der Waals surface area contributed by atoms with Gasteiger partial charge < -0.3 is 19.5 Å². The molecule has 3 atom stereocenters. The van der Waals surface area contributed by atoms with Crippen molar-refractivity contribution in [2.75, 3.05) is 6.61 Å². The van der Waals surface area contributed by atoms with Crippen LogP contribution in [0.5, 0.6) is 5.75 Å². The van der Waals surface area contributed by atoms with Crippen molar-refractivity contribution < 1.29 is 29.0 Å². The number of esters is 1. The lowest BCUT2D eigenvalue weighted by Crippen LogP contribution is -2.66. The Morgan fingerprint density at radius 3 is 2.58 bits per heavy atom. The summed E-state index contributed by atoms with van der Waals surface area (Å²) in [5.41, 5.74) is 0. The van der Waals surface area contributed by atoms with Crippen molar-refractivity contribution in [2.24, 2.45) is 0 Å². The van der Waals surface area contributed by atoms with Gasteiger partial charge in [0.05, 0.1) is 0 Å². The summed E-state index contributed by atoms with van der Waals surface area (Å²) in [7, 11) is 0. The van der Waals surface area contributed by atoms with E-state index >= 15 is 0 Å². The molecule has 1 aromatic carbocycles. The van der Waals surface area contributed by atoms with Crippen LogP contribution in [0.4, 0.5) is 0 Å². The first-order valence-corrected chi connectivity index (χ1v) is 8.29. The lowest BCUT2D eigenvalue weighted by molar-refractivity contribution is -0.182. The van der Waals surface area contributed by atoms with Gasteiger partial charge in [-0.15, -0.1) is 11.8 Å². The number of β-lactam (4-membered cyclic amide) rings is 1. The summed E-state index contributed by atoms with van der Waals surface area (Å²) >= 11 is 1.33. The third-order valence-corrected chi connectivity index (χ3v) is 5.53. The number of thioether (sulfide) groups is 1. The second kappa shape index (κ2) is 6.01. The number of ether oxygens (including phenoxy) is 2. The van der Waals surface area contributed by atoms with Crippen LogP contribution in [0.3, 0.4) is 0 Å². The van der Waals surface area contributed by atoms with Crippen molar-refractivity contribution in [3.05, 3.63) is 30.3 Å². The zero-order chi connectivity index (χ0) is 17.5. The van der Waals surface area contributed by atoms with Crippen molar-refractivity contribution >= 4 is 29.6 Å². The molecule has 1 aromatic rings. The van der Waals surface area contributed by atoms with Crippen molar-refractivity contribution in [1.29, 1.82) is 0 Å². The molecule has 0 bridgehead atoms. The van der Waals surface area contributed by atoms with Crippen LogP contribution >= 0.6 is 11.8 Å². The maximum atomic E-state index is 12.2. The van der Waals surface area contributed by atoms with Crippen LogP contribution in [0.25, 0.3) is 0 Å². The Morgan fingerprint density at radius 2 is 1.96 bits per heavy atom. The Bertz CT molecular complexity index is 676. The second-order valence-electron chi connectivity index (χ2n) is 6.11. The van der Waals surface area contributed by atoms with E-state index in [0.717, 1.165) is 0 Å². The van der Waals surface area contributed by atoms with Gasteiger partial charge in [-0.2, -0.15) is 0 Å². The smallest absolute Gasteiger partial charge is 0.345 e. The maximum absolute atomic E-state index is 12.2. The number of para-hydroxylation sites is 1. The standard InChI is InChI=1S/C16H17NO6S/c1-16(2)12(15(20)21)17-13(19)11(14(17)24-16)23-10(18)8-22-9-6-4-3-5-7-9/h3-7,11-12,14H,8H2,1-2H3,(H,20,21)/t11-,12+,14-/m1/s1. The molecule has 0 aromatic heterocycles. The molecule has 2 heterocycles. The highest BCUT2D eigenvalue weighted by Crippen LogP contribution is 2.51. The van der Waals surface area contributed by atoms with E-state index in [1.54, 1.807) is 38.1 Å². The largest absolute Gasteiger partial charge is 0.482 e. The minimum atomic E-state index is -1.06. The molecule has 128 valence electrons. The van der Waals surface area contributed by atoms with Crippen LogP contribution in [0, 0.1) is 0 Å². The normalized spacial score (nSPS) is 27.2. The summed E-state index contributed by atoms with van der Waals surface area (Å²) in [5.74, 6) is -1.66. The van der Waals surface area contributed by atoms with Gasteiger partial charge in [0.15, 0.2) is 6.61 Å². The maximum Gasteiger partial charge on any atom is 0.345 e. The van der Waals surface area contributed by atoms with Gasteiger partial charge >= 0.3 is 11.9 Å². The Morgan fingerprint density at radius 1 is 1.29 bits per heavy atom. The van der Waals surface area contributed by atoms with E-state index < -0.39 is 40.1 Å². The number of carboxylic acid groups (broad SMARTS) is 1.